The van der Waals surface area contributed by atoms with Crippen LogP contribution in [0.1, 0.15) is 36.0 Å². The zero-order valence-corrected chi connectivity index (χ0v) is 27.2. The second-order valence-electron chi connectivity index (χ2n) is 13.1. The summed E-state index contributed by atoms with van der Waals surface area (Å²) in [6.45, 7) is 4.38. The van der Waals surface area contributed by atoms with Crippen LogP contribution in [-0.2, 0) is 4.74 Å². The normalized spacial score (nSPS) is 24.2. The van der Waals surface area contributed by atoms with E-state index in [1.807, 2.05) is 21.9 Å². The predicted molar refractivity (Wildman–Crippen MR) is 181 cm³/mol. The van der Waals surface area contributed by atoms with E-state index in [0.29, 0.717) is 60.8 Å². The van der Waals surface area contributed by atoms with Gasteiger partial charge in [0.1, 0.15) is 0 Å². The van der Waals surface area contributed by atoms with Gasteiger partial charge in [0.15, 0.2) is 5.82 Å². The first-order valence-electron chi connectivity index (χ1n) is 16.8. The molecule has 0 spiro atoms. The third-order valence-corrected chi connectivity index (χ3v) is 9.79. The molecule has 0 aliphatic carbocycles. The van der Waals surface area contributed by atoms with Gasteiger partial charge in [0.2, 0.25) is 11.9 Å². The van der Waals surface area contributed by atoms with E-state index in [2.05, 4.69) is 27.5 Å². The zero-order chi connectivity index (χ0) is 33.2. The summed E-state index contributed by atoms with van der Waals surface area (Å²) in [6.07, 6.45) is 3.80. The van der Waals surface area contributed by atoms with E-state index in [1.54, 1.807) is 36.4 Å². The number of urea groups is 1. The fourth-order valence-corrected chi connectivity index (χ4v) is 7.05. The number of morpholine rings is 1. The maximum absolute atomic E-state index is 12.8. The maximum atomic E-state index is 12.8. The average molecular weight is 658 g/mol. The highest BCUT2D eigenvalue weighted by molar-refractivity contribution is 6.00. The first-order valence-corrected chi connectivity index (χ1v) is 16.8. The fourth-order valence-electron chi connectivity index (χ4n) is 7.05. The summed E-state index contributed by atoms with van der Waals surface area (Å²) in [5, 5.41) is 25.9. The number of fused-ring (bicyclic) bond motifs is 2. The van der Waals surface area contributed by atoms with E-state index >= 15 is 0 Å². The molecule has 4 saturated heterocycles. The molecule has 2 aromatic carbocycles. The molecule has 48 heavy (non-hydrogen) atoms. The lowest BCUT2D eigenvalue weighted by Crippen LogP contribution is -2.47. The second kappa shape index (κ2) is 14.0. The molecule has 254 valence electrons. The third-order valence-electron chi connectivity index (χ3n) is 9.79. The van der Waals surface area contributed by atoms with Crippen LogP contribution in [0.15, 0.2) is 48.5 Å². The SMILES string of the molecule is CN1CCN(C(=O)c2ccc(NC(=O)Nc3ccc(-c4nc(N5CC6CCC(C5)O6)nc(N5[C@H](CO)CC[C@@H]5CO)n4)cc3)cc2)CC1. The number of aliphatic hydroxyl groups is 2. The van der Waals surface area contributed by atoms with Crippen molar-refractivity contribution in [3.8, 4) is 11.4 Å². The van der Waals surface area contributed by atoms with Crippen LogP contribution in [0, 0.1) is 0 Å². The van der Waals surface area contributed by atoms with Gasteiger partial charge in [-0.1, -0.05) is 0 Å². The van der Waals surface area contributed by atoms with Crippen LogP contribution >= 0.6 is 0 Å². The van der Waals surface area contributed by atoms with Crippen molar-refractivity contribution in [1.29, 1.82) is 0 Å². The van der Waals surface area contributed by atoms with Crippen molar-refractivity contribution in [2.45, 2.75) is 50.0 Å². The monoisotopic (exact) mass is 657 g/mol. The Balaban J connectivity index is 1.05. The number of anilines is 4. The number of rotatable bonds is 8. The molecule has 2 bridgehead atoms. The number of amides is 3. The van der Waals surface area contributed by atoms with Crippen molar-refractivity contribution in [3.63, 3.8) is 0 Å². The molecule has 3 amide bonds. The number of benzene rings is 2. The second-order valence-corrected chi connectivity index (χ2v) is 13.1. The summed E-state index contributed by atoms with van der Waals surface area (Å²) in [5.74, 6) is 1.45. The Kier molecular flexibility index (Phi) is 9.39. The zero-order valence-electron chi connectivity index (χ0n) is 27.2. The van der Waals surface area contributed by atoms with Crippen LogP contribution in [0.3, 0.4) is 0 Å². The number of nitrogens with one attached hydrogen (secondary N) is 2. The summed E-state index contributed by atoms with van der Waals surface area (Å²) in [5.41, 5.74) is 2.49. The summed E-state index contributed by atoms with van der Waals surface area (Å²) >= 11 is 0. The largest absolute Gasteiger partial charge is 0.394 e. The molecule has 1 aromatic heterocycles. The Morgan fingerprint density at radius 2 is 1.33 bits per heavy atom. The van der Waals surface area contributed by atoms with Crippen molar-refractivity contribution in [1.82, 2.24) is 24.8 Å². The molecular formula is C34H43N9O5. The van der Waals surface area contributed by atoms with Gasteiger partial charge >= 0.3 is 6.03 Å². The highest BCUT2D eigenvalue weighted by atomic mass is 16.5. The lowest BCUT2D eigenvalue weighted by molar-refractivity contribution is 0.0299. The summed E-state index contributed by atoms with van der Waals surface area (Å²) in [7, 11) is 2.05. The molecule has 5 heterocycles. The Labute approximate surface area is 279 Å². The van der Waals surface area contributed by atoms with Gasteiger partial charge < -0.3 is 45.2 Å². The summed E-state index contributed by atoms with van der Waals surface area (Å²) in [6, 6.07) is 13.4. The molecule has 7 rings (SSSR count). The molecule has 0 saturated carbocycles. The number of ether oxygens (including phenoxy) is 1. The van der Waals surface area contributed by atoms with Crippen LogP contribution in [-0.4, -0.2) is 131 Å². The van der Waals surface area contributed by atoms with Crippen LogP contribution in [0.2, 0.25) is 0 Å². The number of carbonyl (C=O) groups excluding carboxylic acids is 2. The van der Waals surface area contributed by atoms with Crippen LogP contribution in [0.5, 0.6) is 0 Å². The molecule has 2 unspecified atom stereocenters. The van der Waals surface area contributed by atoms with E-state index in [4.69, 9.17) is 19.7 Å². The smallest absolute Gasteiger partial charge is 0.323 e. The quantitative estimate of drug-likeness (QED) is 0.282. The first-order chi connectivity index (χ1) is 23.4. The van der Waals surface area contributed by atoms with Crippen LogP contribution in [0.4, 0.5) is 28.1 Å². The van der Waals surface area contributed by atoms with Gasteiger partial charge in [-0.2, -0.15) is 15.0 Å². The number of likely N-dealkylation sites (N-methyl/N-ethyl adjacent to an activating group) is 1. The van der Waals surface area contributed by atoms with E-state index in [9.17, 15) is 19.8 Å². The molecule has 4 aliphatic heterocycles. The summed E-state index contributed by atoms with van der Waals surface area (Å²) < 4.78 is 6.04. The minimum Gasteiger partial charge on any atom is -0.394 e. The van der Waals surface area contributed by atoms with Gasteiger partial charge in [-0.15, -0.1) is 0 Å². The van der Waals surface area contributed by atoms with E-state index < -0.39 is 6.03 Å². The van der Waals surface area contributed by atoms with Crippen LogP contribution < -0.4 is 20.4 Å². The molecule has 14 nitrogen and oxygen atoms in total. The van der Waals surface area contributed by atoms with Gasteiger partial charge in [-0.3, -0.25) is 4.79 Å². The Hall–Kier alpha value is -4.37. The van der Waals surface area contributed by atoms with Gasteiger partial charge in [0.25, 0.3) is 5.91 Å². The van der Waals surface area contributed by atoms with E-state index in [1.165, 1.54) is 0 Å². The number of hydrogen-bond donors (Lipinski definition) is 4. The summed E-state index contributed by atoms with van der Waals surface area (Å²) in [4.78, 5) is 48.4. The van der Waals surface area contributed by atoms with Gasteiger partial charge in [0, 0.05) is 61.8 Å². The van der Waals surface area contributed by atoms with Gasteiger partial charge in [-0.25, -0.2) is 4.79 Å². The number of hydrogen-bond acceptors (Lipinski definition) is 11. The first kappa shape index (κ1) is 32.2. The predicted octanol–water partition coefficient (Wildman–Crippen LogP) is 2.26. The number of nitrogens with zero attached hydrogens (tertiary/aromatic N) is 7. The maximum Gasteiger partial charge on any atom is 0.323 e. The topological polar surface area (TPSA) is 160 Å². The van der Waals surface area contributed by atoms with Gasteiger partial charge in [0.05, 0.1) is 37.5 Å². The minimum absolute atomic E-state index is 0.00415. The van der Waals surface area contributed by atoms with Crippen LogP contribution in [0.25, 0.3) is 11.4 Å². The highest BCUT2D eigenvalue weighted by Crippen LogP contribution is 2.33. The molecule has 4 atom stereocenters. The van der Waals surface area contributed by atoms with Crippen molar-refractivity contribution >= 4 is 35.2 Å². The van der Waals surface area contributed by atoms with Gasteiger partial charge in [-0.05, 0) is 81.3 Å². The molecule has 4 fully saturated rings. The lowest BCUT2D eigenvalue weighted by atomic mass is 10.1. The molecule has 3 aromatic rings. The van der Waals surface area contributed by atoms with E-state index in [-0.39, 0.29) is 43.4 Å². The molecule has 4 aliphatic rings. The number of carbonyl (C=O) groups is 2. The molecule has 0 radical (unpaired) electrons. The molecule has 4 N–H and O–H groups in total. The molecule has 14 heteroatoms. The van der Waals surface area contributed by atoms with Crippen molar-refractivity contribution < 1.29 is 24.5 Å². The van der Waals surface area contributed by atoms with Crippen molar-refractivity contribution in [2.75, 3.05) is 80.0 Å². The Morgan fingerprint density at radius 3 is 1.92 bits per heavy atom. The van der Waals surface area contributed by atoms with Crippen molar-refractivity contribution in [2.24, 2.45) is 0 Å². The lowest BCUT2D eigenvalue weighted by Gasteiger charge is -2.33. The third kappa shape index (κ3) is 6.92. The Morgan fingerprint density at radius 1 is 0.771 bits per heavy atom. The fraction of sp³-hybridized carbons (Fsp3) is 0.500. The molecular weight excluding hydrogens is 614 g/mol. The standard InChI is InChI=1S/C34H43N9O5/c1-40-14-16-41(17-15-40)31(46)23-4-8-25(9-5-23)36-34(47)35-24-6-2-22(3-7-24)30-37-32(42-18-28-12-13-29(19-42)48-28)39-33(38-30)43-26(20-44)10-11-27(43)21-45/h2-9,26-29,44-45H,10-21H2,1H3,(H2,35,36,47)/t26-,27+,28?,29?. The number of aromatic nitrogens is 3. The van der Waals surface area contributed by atoms with Crippen molar-refractivity contribution in [3.05, 3.63) is 54.1 Å². The number of piperazine rings is 1. The van der Waals surface area contributed by atoms with E-state index in [0.717, 1.165) is 44.3 Å². The highest BCUT2D eigenvalue weighted by Gasteiger charge is 2.38. The number of aliphatic hydroxyl groups excluding tert-OH is 2. The Bertz CT molecular complexity index is 1580. The average Bonchev–Trinajstić information content (AvgIpc) is 3.70. The minimum atomic E-state index is -0.410.